The Labute approximate surface area is 101 Å². The maximum Gasteiger partial charge on any atom is 0.374 e. The number of esters is 1. The second kappa shape index (κ2) is 5.31. The first-order chi connectivity index (χ1) is 8.20. The second-order valence-corrected chi connectivity index (χ2v) is 4.49. The molecule has 0 radical (unpaired) electrons. The van der Waals surface area contributed by atoms with Crippen molar-refractivity contribution in [3.05, 3.63) is 17.7 Å². The summed E-state index contributed by atoms with van der Waals surface area (Å²) in [5.74, 6) is 0.439. The van der Waals surface area contributed by atoms with Crippen LogP contribution in [-0.2, 0) is 4.74 Å². The van der Waals surface area contributed by atoms with Crippen molar-refractivity contribution in [2.24, 2.45) is 0 Å². The number of aromatic nitrogens is 2. The van der Waals surface area contributed by atoms with Crippen LogP contribution in [0, 0.1) is 0 Å². The van der Waals surface area contributed by atoms with Crippen molar-refractivity contribution in [2.45, 2.75) is 25.7 Å². The van der Waals surface area contributed by atoms with E-state index in [2.05, 4.69) is 21.9 Å². The molecule has 1 aromatic heterocycles. The fraction of sp³-hybridized carbons (Fsp3) is 0.667. The molecule has 94 valence electrons. The van der Waals surface area contributed by atoms with Crippen molar-refractivity contribution in [3.8, 4) is 0 Å². The summed E-state index contributed by atoms with van der Waals surface area (Å²) < 4.78 is 4.90. The van der Waals surface area contributed by atoms with Crippen LogP contribution in [0.3, 0.4) is 0 Å². The van der Waals surface area contributed by atoms with E-state index in [0.29, 0.717) is 18.3 Å². The van der Waals surface area contributed by atoms with Crippen LogP contribution in [0.4, 0.5) is 0 Å². The SMILES string of the molecule is CCOC(=O)c1ncc(C2CCN(C)CC2)[nH]1. The maximum absolute atomic E-state index is 11.5. The van der Waals surface area contributed by atoms with Gasteiger partial charge in [-0.3, -0.25) is 0 Å². The quantitative estimate of drug-likeness (QED) is 0.807. The van der Waals surface area contributed by atoms with Crippen molar-refractivity contribution in [1.82, 2.24) is 14.9 Å². The molecule has 1 aromatic rings. The Kier molecular flexibility index (Phi) is 3.78. The number of likely N-dealkylation sites (tertiary alicyclic amines) is 1. The standard InChI is InChI=1S/C12H19N3O2/c1-3-17-12(16)11-13-8-10(14-11)9-4-6-15(2)7-5-9/h8-9H,3-7H2,1-2H3,(H,13,14). The van der Waals surface area contributed by atoms with Gasteiger partial charge in [0.25, 0.3) is 0 Å². The van der Waals surface area contributed by atoms with Crippen LogP contribution in [-0.4, -0.2) is 47.6 Å². The molecule has 17 heavy (non-hydrogen) atoms. The lowest BCUT2D eigenvalue weighted by Crippen LogP contribution is -2.29. The van der Waals surface area contributed by atoms with Crippen LogP contribution >= 0.6 is 0 Å². The molecular weight excluding hydrogens is 218 g/mol. The average Bonchev–Trinajstić information content (AvgIpc) is 2.80. The van der Waals surface area contributed by atoms with Gasteiger partial charge in [-0.05, 0) is 39.9 Å². The molecule has 1 fully saturated rings. The van der Waals surface area contributed by atoms with E-state index < -0.39 is 0 Å². The number of piperidine rings is 1. The minimum atomic E-state index is -0.369. The lowest BCUT2D eigenvalue weighted by Gasteiger charge is -2.28. The summed E-state index contributed by atoms with van der Waals surface area (Å²) in [5.41, 5.74) is 1.06. The van der Waals surface area contributed by atoms with Crippen molar-refractivity contribution >= 4 is 5.97 Å². The first-order valence-corrected chi connectivity index (χ1v) is 6.11. The molecule has 0 atom stereocenters. The Bertz CT molecular complexity index is 381. The molecule has 1 aliphatic heterocycles. The highest BCUT2D eigenvalue weighted by Crippen LogP contribution is 2.25. The number of carbonyl (C=O) groups excluding carboxylic acids is 1. The number of hydrogen-bond donors (Lipinski definition) is 1. The predicted octanol–water partition coefficient (Wildman–Crippen LogP) is 1.40. The number of carbonyl (C=O) groups is 1. The molecule has 1 aliphatic rings. The minimum Gasteiger partial charge on any atom is -0.460 e. The van der Waals surface area contributed by atoms with E-state index in [4.69, 9.17) is 4.74 Å². The first-order valence-electron chi connectivity index (χ1n) is 6.11. The molecule has 0 aromatic carbocycles. The summed E-state index contributed by atoms with van der Waals surface area (Å²) in [4.78, 5) is 21.0. The first kappa shape index (κ1) is 12.1. The second-order valence-electron chi connectivity index (χ2n) is 4.49. The van der Waals surface area contributed by atoms with E-state index in [1.165, 1.54) is 0 Å². The normalized spacial score (nSPS) is 18.2. The molecule has 1 saturated heterocycles. The number of hydrogen-bond acceptors (Lipinski definition) is 4. The zero-order valence-corrected chi connectivity index (χ0v) is 10.4. The van der Waals surface area contributed by atoms with E-state index in [1.807, 2.05) is 0 Å². The molecule has 5 nitrogen and oxygen atoms in total. The van der Waals surface area contributed by atoms with Gasteiger partial charge < -0.3 is 14.6 Å². The van der Waals surface area contributed by atoms with Gasteiger partial charge in [0.15, 0.2) is 0 Å². The molecule has 5 heteroatoms. The van der Waals surface area contributed by atoms with Gasteiger partial charge in [0.2, 0.25) is 5.82 Å². The van der Waals surface area contributed by atoms with Gasteiger partial charge in [-0.2, -0.15) is 0 Å². The number of aromatic amines is 1. The summed E-state index contributed by atoms with van der Waals surface area (Å²) >= 11 is 0. The van der Waals surface area contributed by atoms with Gasteiger partial charge in [0.05, 0.1) is 6.61 Å². The van der Waals surface area contributed by atoms with Crippen LogP contribution in [0.25, 0.3) is 0 Å². The van der Waals surface area contributed by atoms with Crippen LogP contribution in [0.15, 0.2) is 6.20 Å². The van der Waals surface area contributed by atoms with Crippen LogP contribution < -0.4 is 0 Å². The third-order valence-electron chi connectivity index (χ3n) is 3.22. The molecule has 0 spiro atoms. The Morgan fingerprint density at radius 2 is 2.29 bits per heavy atom. The lowest BCUT2D eigenvalue weighted by molar-refractivity contribution is 0.0513. The van der Waals surface area contributed by atoms with Gasteiger partial charge in [0, 0.05) is 17.8 Å². The van der Waals surface area contributed by atoms with E-state index >= 15 is 0 Å². The molecule has 2 heterocycles. The average molecular weight is 237 g/mol. The van der Waals surface area contributed by atoms with Crippen molar-refractivity contribution < 1.29 is 9.53 Å². The van der Waals surface area contributed by atoms with Crippen molar-refractivity contribution in [2.75, 3.05) is 26.7 Å². The summed E-state index contributed by atoms with van der Waals surface area (Å²) in [7, 11) is 2.13. The number of nitrogens with zero attached hydrogens (tertiary/aromatic N) is 2. The highest BCUT2D eigenvalue weighted by atomic mass is 16.5. The van der Waals surface area contributed by atoms with Crippen molar-refractivity contribution in [3.63, 3.8) is 0 Å². The summed E-state index contributed by atoms with van der Waals surface area (Å²) in [6.07, 6.45) is 3.99. The molecule has 0 amide bonds. The van der Waals surface area contributed by atoms with E-state index in [1.54, 1.807) is 13.1 Å². The van der Waals surface area contributed by atoms with Crippen LogP contribution in [0.5, 0.6) is 0 Å². The van der Waals surface area contributed by atoms with Crippen LogP contribution in [0.2, 0.25) is 0 Å². The smallest absolute Gasteiger partial charge is 0.374 e. The highest BCUT2D eigenvalue weighted by molar-refractivity contribution is 5.85. The predicted molar refractivity (Wildman–Crippen MR) is 64.0 cm³/mol. The third kappa shape index (κ3) is 2.85. The molecular formula is C12H19N3O2. The number of rotatable bonds is 3. The number of imidazole rings is 1. The fourth-order valence-corrected chi connectivity index (χ4v) is 2.17. The molecule has 0 aliphatic carbocycles. The van der Waals surface area contributed by atoms with Gasteiger partial charge >= 0.3 is 5.97 Å². The van der Waals surface area contributed by atoms with Gasteiger partial charge in [-0.1, -0.05) is 0 Å². The lowest BCUT2D eigenvalue weighted by atomic mass is 9.94. The Morgan fingerprint density at radius 1 is 1.59 bits per heavy atom. The Morgan fingerprint density at radius 3 is 2.94 bits per heavy atom. The molecule has 1 N–H and O–H groups in total. The zero-order valence-electron chi connectivity index (χ0n) is 10.4. The molecule has 0 unspecified atom stereocenters. The molecule has 2 rings (SSSR count). The monoisotopic (exact) mass is 237 g/mol. The van der Waals surface area contributed by atoms with E-state index in [9.17, 15) is 4.79 Å². The third-order valence-corrected chi connectivity index (χ3v) is 3.22. The molecule has 0 bridgehead atoms. The van der Waals surface area contributed by atoms with Gasteiger partial charge in [0.1, 0.15) is 0 Å². The summed E-state index contributed by atoms with van der Waals surface area (Å²) in [6.45, 7) is 4.36. The fourth-order valence-electron chi connectivity index (χ4n) is 2.17. The summed E-state index contributed by atoms with van der Waals surface area (Å²) in [5, 5.41) is 0. The maximum atomic E-state index is 11.5. The van der Waals surface area contributed by atoms with Crippen LogP contribution in [0.1, 0.15) is 42.0 Å². The van der Waals surface area contributed by atoms with Crippen molar-refractivity contribution in [1.29, 1.82) is 0 Å². The van der Waals surface area contributed by atoms with Gasteiger partial charge in [-0.25, -0.2) is 9.78 Å². The number of nitrogens with one attached hydrogen (secondary N) is 1. The number of H-pyrrole nitrogens is 1. The molecule has 0 saturated carbocycles. The minimum absolute atomic E-state index is 0.320. The Balaban J connectivity index is 2.00. The largest absolute Gasteiger partial charge is 0.460 e. The highest BCUT2D eigenvalue weighted by Gasteiger charge is 2.21. The zero-order chi connectivity index (χ0) is 12.3. The van der Waals surface area contributed by atoms with Gasteiger partial charge in [-0.15, -0.1) is 0 Å². The van der Waals surface area contributed by atoms with E-state index in [-0.39, 0.29) is 5.97 Å². The number of ether oxygens (including phenoxy) is 1. The summed E-state index contributed by atoms with van der Waals surface area (Å²) in [6, 6.07) is 0. The topological polar surface area (TPSA) is 58.2 Å². The van der Waals surface area contributed by atoms with E-state index in [0.717, 1.165) is 31.6 Å². The Hall–Kier alpha value is -1.36.